The van der Waals surface area contributed by atoms with Crippen LogP contribution in [0.1, 0.15) is 44.6 Å². The highest BCUT2D eigenvalue weighted by molar-refractivity contribution is 14.0. The number of likely N-dealkylation sites (tertiary alicyclic amines) is 1. The van der Waals surface area contributed by atoms with Gasteiger partial charge in [-0.15, -0.1) is 24.0 Å². The first-order chi connectivity index (χ1) is 12.7. The lowest BCUT2D eigenvalue weighted by molar-refractivity contribution is -0.385. The van der Waals surface area contributed by atoms with Crippen LogP contribution in [0, 0.1) is 10.1 Å². The van der Waals surface area contributed by atoms with Gasteiger partial charge in [0.1, 0.15) is 0 Å². The molecule has 2 N–H and O–H groups in total. The summed E-state index contributed by atoms with van der Waals surface area (Å²) in [5.41, 5.74) is 0.758. The predicted molar refractivity (Wildman–Crippen MR) is 119 cm³/mol. The summed E-state index contributed by atoms with van der Waals surface area (Å²) in [6, 6.07) is 7.94. The summed E-state index contributed by atoms with van der Waals surface area (Å²) in [6.45, 7) is 5.29. The van der Waals surface area contributed by atoms with E-state index in [2.05, 4.69) is 20.5 Å². The number of aliphatic imine (C=N–C) groups is 1. The first-order valence-corrected chi connectivity index (χ1v) is 9.68. The summed E-state index contributed by atoms with van der Waals surface area (Å²) in [7, 11) is 0. The first kappa shape index (κ1) is 21.9. The van der Waals surface area contributed by atoms with Crippen LogP contribution in [0.4, 0.5) is 5.69 Å². The summed E-state index contributed by atoms with van der Waals surface area (Å²) in [4.78, 5) is 18.0. The monoisotopic (exact) mass is 487 g/mol. The molecular formula is C19H30IN5O2. The van der Waals surface area contributed by atoms with Crippen molar-refractivity contribution in [2.75, 3.05) is 19.6 Å². The summed E-state index contributed by atoms with van der Waals surface area (Å²) in [6.07, 6.45) is 6.50. The van der Waals surface area contributed by atoms with E-state index in [4.69, 9.17) is 0 Å². The van der Waals surface area contributed by atoms with Crippen molar-refractivity contribution in [1.82, 2.24) is 15.5 Å². The summed E-state index contributed by atoms with van der Waals surface area (Å²) in [5, 5.41) is 17.9. The van der Waals surface area contributed by atoms with Crippen molar-refractivity contribution >= 4 is 35.6 Å². The van der Waals surface area contributed by atoms with E-state index in [9.17, 15) is 10.1 Å². The molecule has 1 aliphatic carbocycles. The van der Waals surface area contributed by atoms with Crippen molar-refractivity contribution in [2.45, 2.75) is 57.7 Å². The Morgan fingerprint density at radius 2 is 2.04 bits per heavy atom. The van der Waals surface area contributed by atoms with Crippen LogP contribution in [0.2, 0.25) is 0 Å². The molecule has 7 nitrogen and oxygen atoms in total. The summed E-state index contributed by atoms with van der Waals surface area (Å²) >= 11 is 0. The SMILES string of the molecule is CCNC(=NCc1ccccc1[N+](=O)[O-])NC1CCN(C2CCCC2)C1.I. The molecule has 8 heteroatoms. The van der Waals surface area contributed by atoms with E-state index in [0.29, 0.717) is 18.2 Å². The fourth-order valence-corrected chi connectivity index (χ4v) is 4.01. The molecule has 150 valence electrons. The van der Waals surface area contributed by atoms with Crippen molar-refractivity contribution in [2.24, 2.45) is 4.99 Å². The molecule has 2 aliphatic rings. The second-order valence-corrected chi connectivity index (χ2v) is 7.14. The van der Waals surface area contributed by atoms with Gasteiger partial charge in [0, 0.05) is 37.8 Å². The predicted octanol–water partition coefficient (Wildman–Crippen LogP) is 3.28. The molecule has 1 saturated heterocycles. The van der Waals surface area contributed by atoms with Crippen LogP contribution in [0.5, 0.6) is 0 Å². The number of nitrogens with zero attached hydrogens (tertiary/aromatic N) is 3. The molecule has 1 aromatic carbocycles. The van der Waals surface area contributed by atoms with Gasteiger partial charge in [-0.3, -0.25) is 15.0 Å². The van der Waals surface area contributed by atoms with Crippen molar-refractivity contribution in [3.63, 3.8) is 0 Å². The Labute approximate surface area is 178 Å². The topological polar surface area (TPSA) is 82.8 Å². The largest absolute Gasteiger partial charge is 0.357 e. The molecule has 2 fully saturated rings. The average molecular weight is 487 g/mol. The molecule has 0 amide bonds. The maximum atomic E-state index is 11.2. The standard InChI is InChI=1S/C19H29N5O2.HI/c1-2-20-19(21-13-15-7-3-6-10-18(15)24(25)26)22-16-11-12-23(14-16)17-8-4-5-9-17;/h3,6-7,10,16-17H,2,4-5,8-9,11-14H2,1H3,(H2,20,21,22);1H. The molecule has 3 rings (SSSR count). The van der Waals surface area contributed by atoms with E-state index < -0.39 is 0 Å². The van der Waals surface area contributed by atoms with Crippen molar-refractivity contribution in [3.05, 3.63) is 39.9 Å². The van der Waals surface area contributed by atoms with Crippen molar-refractivity contribution in [1.29, 1.82) is 0 Å². The van der Waals surface area contributed by atoms with Gasteiger partial charge in [-0.1, -0.05) is 31.0 Å². The molecule has 1 atom stereocenters. The van der Waals surface area contributed by atoms with E-state index in [1.54, 1.807) is 12.1 Å². The summed E-state index contributed by atoms with van der Waals surface area (Å²) in [5.74, 6) is 0.740. The van der Waals surface area contributed by atoms with Gasteiger partial charge in [0.25, 0.3) is 5.69 Å². The van der Waals surface area contributed by atoms with Crippen molar-refractivity contribution < 1.29 is 4.92 Å². The Bertz CT molecular complexity index is 649. The Kier molecular flexibility index (Phi) is 8.75. The number of para-hydroxylation sites is 1. The van der Waals surface area contributed by atoms with Crippen LogP contribution >= 0.6 is 24.0 Å². The van der Waals surface area contributed by atoms with Crippen LogP contribution in [-0.2, 0) is 6.54 Å². The number of nitrogens with one attached hydrogen (secondary N) is 2. The molecule has 1 aromatic rings. The quantitative estimate of drug-likeness (QED) is 0.212. The van der Waals surface area contributed by atoms with E-state index >= 15 is 0 Å². The third-order valence-electron chi connectivity index (χ3n) is 5.34. The number of benzene rings is 1. The number of halogens is 1. The number of rotatable bonds is 6. The third kappa shape index (κ3) is 6.03. The van der Waals surface area contributed by atoms with E-state index in [1.165, 1.54) is 31.7 Å². The van der Waals surface area contributed by atoms with Gasteiger partial charge in [-0.05, 0) is 26.2 Å². The van der Waals surface area contributed by atoms with Gasteiger partial charge >= 0.3 is 0 Å². The fraction of sp³-hybridized carbons (Fsp3) is 0.632. The summed E-state index contributed by atoms with van der Waals surface area (Å²) < 4.78 is 0. The lowest BCUT2D eigenvalue weighted by Crippen LogP contribution is -2.45. The molecule has 1 unspecified atom stereocenters. The third-order valence-corrected chi connectivity index (χ3v) is 5.34. The van der Waals surface area contributed by atoms with Crippen LogP contribution in [-0.4, -0.2) is 47.5 Å². The van der Waals surface area contributed by atoms with Crippen LogP contribution in [0.3, 0.4) is 0 Å². The van der Waals surface area contributed by atoms with Gasteiger partial charge in [-0.2, -0.15) is 0 Å². The van der Waals surface area contributed by atoms with Gasteiger partial charge in [0.2, 0.25) is 0 Å². The number of guanidine groups is 1. The molecule has 0 bridgehead atoms. The first-order valence-electron chi connectivity index (χ1n) is 9.68. The Morgan fingerprint density at radius 3 is 2.74 bits per heavy atom. The van der Waals surface area contributed by atoms with Gasteiger partial charge < -0.3 is 10.6 Å². The maximum Gasteiger partial charge on any atom is 0.274 e. The average Bonchev–Trinajstić information content (AvgIpc) is 3.31. The fourth-order valence-electron chi connectivity index (χ4n) is 4.01. The molecule has 0 spiro atoms. The minimum Gasteiger partial charge on any atom is -0.357 e. The second-order valence-electron chi connectivity index (χ2n) is 7.14. The van der Waals surface area contributed by atoms with Crippen LogP contribution in [0.15, 0.2) is 29.3 Å². The molecule has 1 saturated carbocycles. The zero-order valence-corrected chi connectivity index (χ0v) is 18.2. The maximum absolute atomic E-state index is 11.2. The zero-order valence-electron chi connectivity index (χ0n) is 15.9. The van der Waals surface area contributed by atoms with E-state index in [-0.39, 0.29) is 34.6 Å². The lowest BCUT2D eigenvalue weighted by Gasteiger charge is -2.24. The van der Waals surface area contributed by atoms with E-state index in [0.717, 1.165) is 38.1 Å². The normalized spacial score (nSPS) is 21.1. The Morgan fingerprint density at radius 1 is 1.30 bits per heavy atom. The van der Waals surface area contributed by atoms with Gasteiger partial charge in [0.15, 0.2) is 5.96 Å². The molecular weight excluding hydrogens is 457 g/mol. The number of nitro benzene ring substituents is 1. The second kappa shape index (κ2) is 10.8. The van der Waals surface area contributed by atoms with Crippen LogP contribution in [0.25, 0.3) is 0 Å². The minimum absolute atomic E-state index is 0. The highest BCUT2D eigenvalue weighted by Gasteiger charge is 2.30. The molecule has 1 heterocycles. The molecule has 0 radical (unpaired) electrons. The Hall–Kier alpha value is -1.42. The highest BCUT2D eigenvalue weighted by Crippen LogP contribution is 2.26. The number of hydrogen-bond acceptors (Lipinski definition) is 4. The molecule has 1 aliphatic heterocycles. The van der Waals surface area contributed by atoms with Crippen molar-refractivity contribution in [3.8, 4) is 0 Å². The molecule has 0 aromatic heterocycles. The molecule has 27 heavy (non-hydrogen) atoms. The highest BCUT2D eigenvalue weighted by atomic mass is 127. The van der Waals surface area contributed by atoms with Crippen LogP contribution < -0.4 is 10.6 Å². The number of nitro groups is 1. The lowest BCUT2D eigenvalue weighted by atomic mass is 10.2. The van der Waals surface area contributed by atoms with E-state index in [1.807, 2.05) is 13.0 Å². The van der Waals surface area contributed by atoms with Gasteiger partial charge in [0.05, 0.1) is 17.0 Å². The number of hydrogen-bond donors (Lipinski definition) is 2. The zero-order chi connectivity index (χ0) is 18.4. The smallest absolute Gasteiger partial charge is 0.274 e. The minimum atomic E-state index is -0.346. The van der Waals surface area contributed by atoms with Gasteiger partial charge in [-0.25, -0.2) is 4.99 Å². The Balaban J connectivity index is 0.00000261.